The van der Waals surface area contributed by atoms with E-state index >= 15 is 0 Å². The normalized spacial score (nSPS) is 10.1. The van der Waals surface area contributed by atoms with E-state index in [1.54, 1.807) is 12.1 Å². The fourth-order valence-corrected chi connectivity index (χ4v) is 1.30. The Labute approximate surface area is 136 Å². The van der Waals surface area contributed by atoms with Crippen LogP contribution in [-0.2, 0) is 19.1 Å². The summed E-state index contributed by atoms with van der Waals surface area (Å²) in [6.45, 7) is 3.92. The first-order valence-corrected chi connectivity index (χ1v) is 6.97. The molecule has 0 saturated heterocycles. The highest BCUT2D eigenvalue weighted by Gasteiger charge is 2.13. The van der Waals surface area contributed by atoms with Crippen LogP contribution < -0.4 is 0 Å². The molecule has 0 unspecified atom stereocenters. The fourth-order valence-electron chi connectivity index (χ4n) is 1.30. The lowest BCUT2D eigenvalue weighted by Gasteiger charge is -2.23. The zero-order chi connectivity index (χ0) is 18.0. The minimum Gasteiger partial charge on any atom is -0.507 e. The molecule has 0 aliphatic heterocycles. The first-order chi connectivity index (χ1) is 10.5. The van der Waals surface area contributed by atoms with E-state index in [1.807, 2.05) is 0 Å². The maximum Gasteiger partial charge on any atom is 0.349 e. The van der Waals surface area contributed by atoms with Gasteiger partial charge in [-0.05, 0) is 12.1 Å². The maximum absolute atomic E-state index is 11.1. The molecular formula is C16H24NO6+. The average molecular weight is 326 g/mol. The Morgan fingerprint density at radius 1 is 1.04 bits per heavy atom. The Morgan fingerprint density at radius 3 is 2.04 bits per heavy atom. The van der Waals surface area contributed by atoms with E-state index in [9.17, 15) is 19.5 Å². The van der Waals surface area contributed by atoms with Crippen molar-refractivity contribution in [1.82, 2.24) is 0 Å². The molecule has 0 fully saturated rings. The Bertz CT molecular complexity index is 548. The van der Waals surface area contributed by atoms with Gasteiger partial charge in [-0.1, -0.05) is 12.1 Å². The van der Waals surface area contributed by atoms with Crippen LogP contribution in [0.25, 0.3) is 0 Å². The Kier molecular flexibility index (Phi) is 8.57. The number of ether oxygens (including phenoxy) is 2. The lowest BCUT2D eigenvalue weighted by molar-refractivity contribution is -0.870. The number of esters is 3. The third-order valence-corrected chi connectivity index (χ3v) is 2.43. The predicted octanol–water partition coefficient (Wildman–Crippen LogP) is 1.35. The van der Waals surface area contributed by atoms with Crippen molar-refractivity contribution in [3.63, 3.8) is 0 Å². The molecule has 1 rings (SSSR count). The van der Waals surface area contributed by atoms with E-state index in [0.29, 0.717) is 6.61 Å². The number of hydrogen-bond acceptors (Lipinski definition) is 6. The van der Waals surface area contributed by atoms with Crippen LogP contribution in [0.3, 0.4) is 0 Å². The van der Waals surface area contributed by atoms with Crippen molar-refractivity contribution in [2.45, 2.75) is 13.8 Å². The first-order valence-electron chi connectivity index (χ1n) is 6.97. The van der Waals surface area contributed by atoms with Gasteiger partial charge in [-0.15, -0.1) is 0 Å². The van der Waals surface area contributed by atoms with Gasteiger partial charge in [-0.25, -0.2) is 4.79 Å². The zero-order valence-electron chi connectivity index (χ0n) is 14.2. The number of hydrogen-bond donors (Lipinski definition) is 1. The van der Waals surface area contributed by atoms with Crippen molar-refractivity contribution in [2.24, 2.45) is 0 Å². The molecule has 0 aromatic heterocycles. The van der Waals surface area contributed by atoms with E-state index in [-0.39, 0.29) is 17.3 Å². The molecule has 0 heterocycles. The Hall–Kier alpha value is -2.41. The minimum atomic E-state index is -0.842. The minimum absolute atomic E-state index is 0.0160. The standard InChI is InChI=1S/C9H8O4.C7H16NO2/c1-6(10)13-9(12)7-4-2-3-5-8(7)11;1-7(9)10-6-5-8(2,3)4/h2-5,11H,1H3;5-6H2,1-4H3/q;+1. The first kappa shape index (κ1) is 20.6. The summed E-state index contributed by atoms with van der Waals surface area (Å²) in [5, 5.41) is 9.18. The number of phenols is 1. The highest BCUT2D eigenvalue weighted by molar-refractivity contribution is 5.98. The van der Waals surface area contributed by atoms with Crippen molar-refractivity contribution >= 4 is 17.9 Å². The summed E-state index contributed by atoms with van der Waals surface area (Å²) in [4.78, 5) is 31.8. The third-order valence-electron chi connectivity index (χ3n) is 2.43. The predicted molar refractivity (Wildman–Crippen MR) is 83.7 cm³/mol. The second-order valence-corrected chi connectivity index (χ2v) is 5.75. The second-order valence-electron chi connectivity index (χ2n) is 5.75. The molecule has 1 aromatic rings. The number of phenolic OH excluding ortho intramolecular Hbond substituents is 1. The lowest BCUT2D eigenvalue weighted by Crippen LogP contribution is -2.37. The molecule has 0 saturated carbocycles. The third kappa shape index (κ3) is 10.9. The fraction of sp³-hybridized carbons (Fsp3) is 0.438. The topological polar surface area (TPSA) is 89.9 Å². The van der Waals surface area contributed by atoms with Crippen molar-refractivity contribution in [3.05, 3.63) is 29.8 Å². The van der Waals surface area contributed by atoms with Crippen LogP contribution >= 0.6 is 0 Å². The number of likely N-dealkylation sites (N-methyl/N-ethyl adjacent to an activating group) is 1. The summed E-state index contributed by atoms with van der Waals surface area (Å²) in [6.07, 6.45) is 0. The quantitative estimate of drug-likeness (QED) is 0.510. The summed E-state index contributed by atoms with van der Waals surface area (Å²) in [5.41, 5.74) is -0.0160. The molecule has 7 heteroatoms. The summed E-state index contributed by atoms with van der Waals surface area (Å²) in [7, 11) is 6.18. The number of carbonyl (C=O) groups excluding carboxylic acids is 3. The molecular weight excluding hydrogens is 302 g/mol. The van der Waals surface area contributed by atoms with Crippen molar-refractivity contribution in [2.75, 3.05) is 34.3 Å². The molecule has 23 heavy (non-hydrogen) atoms. The van der Waals surface area contributed by atoms with Gasteiger partial charge in [-0.3, -0.25) is 9.59 Å². The molecule has 128 valence electrons. The van der Waals surface area contributed by atoms with Crippen LogP contribution in [0.2, 0.25) is 0 Å². The van der Waals surface area contributed by atoms with Crippen LogP contribution in [0.5, 0.6) is 5.75 Å². The number of nitrogens with zero attached hydrogens (tertiary/aromatic N) is 1. The van der Waals surface area contributed by atoms with Gasteiger partial charge in [0.2, 0.25) is 0 Å². The summed E-state index contributed by atoms with van der Waals surface area (Å²) < 4.78 is 9.87. The van der Waals surface area contributed by atoms with E-state index in [2.05, 4.69) is 25.9 Å². The number of aromatic hydroxyl groups is 1. The van der Waals surface area contributed by atoms with E-state index in [0.717, 1.165) is 18.0 Å². The summed E-state index contributed by atoms with van der Waals surface area (Å²) >= 11 is 0. The smallest absolute Gasteiger partial charge is 0.349 e. The van der Waals surface area contributed by atoms with Crippen LogP contribution in [0.4, 0.5) is 0 Å². The van der Waals surface area contributed by atoms with Gasteiger partial charge in [0.1, 0.15) is 24.5 Å². The van der Waals surface area contributed by atoms with E-state index in [1.165, 1.54) is 19.1 Å². The monoisotopic (exact) mass is 326 g/mol. The molecule has 1 aromatic carbocycles. The molecule has 0 amide bonds. The Balaban J connectivity index is 0.000000438. The van der Waals surface area contributed by atoms with Gasteiger partial charge in [0, 0.05) is 13.8 Å². The van der Waals surface area contributed by atoms with Crippen LogP contribution in [0.15, 0.2) is 24.3 Å². The van der Waals surface area contributed by atoms with Crippen LogP contribution in [0, 0.1) is 0 Å². The largest absolute Gasteiger partial charge is 0.507 e. The summed E-state index contributed by atoms with van der Waals surface area (Å²) in [5.74, 6) is -1.94. The van der Waals surface area contributed by atoms with Gasteiger partial charge in [-0.2, -0.15) is 0 Å². The van der Waals surface area contributed by atoms with Gasteiger partial charge >= 0.3 is 17.9 Å². The number of para-hydroxylation sites is 1. The second kappa shape index (κ2) is 9.58. The Morgan fingerprint density at radius 2 is 1.61 bits per heavy atom. The van der Waals surface area contributed by atoms with Gasteiger partial charge < -0.3 is 19.1 Å². The van der Waals surface area contributed by atoms with E-state index < -0.39 is 11.9 Å². The molecule has 1 N–H and O–H groups in total. The lowest BCUT2D eigenvalue weighted by atomic mass is 10.2. The molecule has 0 atom stereocenters. The van der Waals surface area contributed by atoms with Gasteiger partial charge in [0.15, 0.2) is 0 Å². The van der Waals surface area contributed by atoms with E-state index in [4.69, 9.17) is 4.74 Å². The SMILES string of the molecule is CC(=O)OC(=O)c1ccccc1O.CC(=O)OCC[N+](C)(C)C. The average Bonchev–Trinajstić information content (AvgIpc) is 2.37. The molecule has 0 aliphatic carbocycles. The maximum atomic E-state index is 11.1. The highest BCUT2D eigenvalue weighted by atomic mass is 16.6. The van der Waals surface area contributed by atoms with Crippen molar-refractivity contribution in [3.8, 4) is 5.75 Å². The van der Waals surface area contributed by atoms with Gasteiger partial charge in [0.05, 0.1) is 21.1 Å². The molecule has 0 radical (unpaired) electrons. The molecule has 0 aliphatic rings. The number of quaternary nitrogens is 1. The highest BCUT2D eigenvalue weighted by Crippen LogP contribution is 2.16. The van der Waals surface area contributed by atoms with Crippen molar-refractivity contribution in [1.29, 1.82) is 0 Å². The number of rotatable bonds is 4. The molecule has 0 spiro atoms. The summed E-state index contributed by atoms with van der Waals surface area (Å²) in [6, 6.07) is 5.85. The zero-order valence-corrected chi connectivity index (χ0v) is 14.2. The number of carbonyl (C=O) groups is 3. The van der Waals surface area contributed by atoms with Crippen LogP contribution in [-0.4, -0.2) is 61.8 Å². The molecule has 0 bridgehead atoms. The van der Waals surface area contributed by atoms with Gasteiger partial charge in [0.25, 0.3) is 0 Å². The molecule has 7 nitrogen and oxygen atoms in total. The van der Waals surface area contributed by atoms with Crippen molar-refractivity contribution < 1.29 is 33.4 Å². The van der Waals surface area contributed by atoms with Crippen LogP contribution in [0.1, 0.15) is 24.2 Å². The number of benzene rings is 1.